The van der Waals surface area contributed by atoms with Gasteiger partial charge in [-0.3, -0.25) is 24.0 Å². The first kappa shape index (κ1) is 34.2. The standard InChI is InChI=1S/C32H44N6O6/c1-20(2)27-31(43)34-25(17-22-9-7-6-8-10-22)29(41)36-28(21(3)39)30(42)33-15-16-38(19-26(40)35-27)32(44)24-13-11-23(12-14-24)18-37(4)5/h6-14,20-21,25,27-28,39H,15-19H2,1-5H3,(H,33,42)(H,34,43)(H,35,40)(H,36,41)/t21-,25+,27-,28+/m1/s1. The zero-order chi connectivity index (χ0) is 32.4. The molecule has 0 radical (unpaired) electrons. The predicted molar refractivity (Wildman–Crippen MR) is 165 cm³/mol. The second-order valence-electron chi connectivity index (χ2n) is 11.7. The van der Waals surface area contributed by atoms with E-state index in [1.165, 1.54) is 11.8 Å². The molecule has 0 aliphatic carbocycles. The number of amides is 5. The van der Waals surface area contributed by atoms with Gasteiger partial charge in [0.2, 0.25) is 23.6 Å². The van der Waals surface area contributed by atoms with Crippen LogP contribution in [0.3, 0.4) is 0 Å². The van der Waals surface area contributed by atoms with Crippen molar-refractivity contribution in [1.29, 1.82) is 0 Å². The molecule has 5 N–H and O–H groups in total. The highest BCUT2D eigenvalue weighted by Crippen LogP contribution is 2.11. The van der Waals surface area contributed by atoms with Crippen LogP contribution in [-0.4, -0.2) is 102 Å². The summed E-state index contributed by atoms with van der Waals surface area (Å²) in [4.78, 5) is 70.1. The van der Waals surface area contributed by atoms with E-state index in [1.807, 2.05) is 37.2 Å². The number of hydrogen-bond donors (Lipinski definition) is 5. The smallest absolute Gasteiger partial charge is 0.254 e. The fourth-order valence-electron chi connectivity index (χ4n) is 4.88. The SMILES string of the molecule is CC(C)[C@H]1NC(=O)CN(C(=O)c2ccc(CN(C)C)cc2)CCNC(=O)[C@H]([C@@H](C)O)NC(=O)[C@H](Cc2ccccc2)NC1=O. The van der Waals surface area contributed by atoms with Crippen LogP contribution >= 0.6 is 0 Å². The zero-order valence-corrected chi connectivity index (χ0v) is 26.0. The molecule has 238 valence electrons. The Bertz CT molecular complexity index is 1300. The lowest BCUT2D eigenvalue weighted by Gasteiger charge is -2.27. The summed E-state index contributed by atoms with van der Waals surface area (Å²) in [5.74, 6) is -3.27. The zero-order valence-electron chi connectivity index (χ0n) is 26.0. The van der Waals surface area contributed by atoms with E-state index in [9.17, 15) is 29.1 Å². The van der Waals surface area contributed by atoms with Gasteiger partial charge in [0.1, 0.15) is 18.1 Å². The number of aliphatic hydroxyl groups excluding tert-OH is 1. The third kappa shape index (κ3) is 9.88. The van der Waals surface area contributed by atoms with Gasteiger partial charge in [-0.15, -0.1) is 0 Å². The summed E-state index contributed by atoms with van der Waals surface area (Å²) in [6.07, 6.45) is -1.14. The molecule has 2 aromatic carbocycles. The summed E-state index contributed by atoms with van der Waals surface area (Å²) < 4.78 is 0. The summed E-state index contributed by atoms with van der Waals surface area (Å²) in [5.41, 5.74) is 2.13. The molecule has 0 unspecified atom stereocenters. The van der Waals surface area contributed by atoms with Crippen LogP contribution in [0.1, 0.15) is 42.3 Å². The van der Waals surface area contributed by atoms with Gasteiger partial charge in [0.15, 0.2) is 0 Å². The molecule has 1 aliphatic rings. The van der Waals surface area contributed by atoms with Gasteiger partial charge >= 0.3 is 0 Å². The lowest BCUT2D eigenvalue weighted by Crippen LogP contribution is -2.60. The van der Waals surface area contributed by atoms with E-state index in [0.29, 0.717) is 12.1 Å². The number of nitrogens with zero attached hydrogens (tertiary/aromatic N) is 2. The van der Waals surface area contributed by atoms with Gasteiger partial charge in [-0.2, -0.15) is 0 Å². The molecule has 5 amide bonds. The molecule has 0 aromatic heterocycles. The van der Waals surface area contributed by atoms with Crippen molar-refractivity contribution in [3.05, 3.63) is 71.3 Å². The van der Waals surface area contributed by atoms with Crippen molar-refractivity contribution < 1.29 is 29.1 Å². The molecule has 1 saturated heterocycles. The Kier molecular flexibility index (Phi) is 12.4. The minimum absolute atomic E-state index is 0.0346. The van der Waals surface area contributed by atoms with Crippen LogP contribution in [0, 0.1) is 5.92 Å². The van der Waals surface area contributed by atoms with Gasteiger partial charge in [0.05, 0.1) is 12.6 Å². The van der Waals surface area contributed by atoms with Gasteiger partial charge in [0, 0.05) is 31.6 Å². The number of carbonyl (C=O) groups excluding carboxylic acids is 5. The maximum absolute atomic E-state index is 13.5. The molecular formula is C32H44N6O6. The molecule has 12 heteroatoms. The van der Waals surface area contributed by atoms with Crippen LogP contribution in [0.15, 0.2) is 54.6 Å². The number of carbonyl (C=O) groups is 5. The number of rotatable bonds is 7. The van der Waals surface area contributed by atoms with E-state index in [1.54, 1.807) is 50.2 Å². The highest BCUT2D eigenvalue weighted by atomic mass is 16.3. The van der Waals surface area contributed by atoms with Crippen LogP contribution in [0.5, 0.6) is 0 Å². The Balaban J connectivity index is 1.91. The molecule has 0 bridgehead atoms. The lowest BCUT2D eigenvalue weighted by atomic mass is 10.0. The highest BCUT2D eigenvalue weighted by molar-refractivity contribution is 5.98. The number of aliphatic hydroxyl groups is 1. The van der Waals surface area contributed by atoms with Crippen molar-refractivity contribution in [2.75, 3.05) is 33.7 Å². The number of hydrogen-bond acceptors (Lipinski definition) is 7. The molecule has 1 fully saturated rings. The first-order valence-corrected chi connectivity index (χ1v) is 14.8. The second kappa shape index (κ2) is 16.0. The number of nitrogens with one attached hydrogen (secondary N) is 4. The van der Waals surface area contributed by atoms with E-state index >= 15 is 0 Å². The average molecular weight is 609 g/mol. The Morgan fingerprint density at radius 1 is 0.864 bits per heavy atom. The Labute approximate surface area is 258 Å². The largest absolute Gasteiger partial charge is 0.391 e. The highest BCUT2D eigenvalue weighted by Gasteiger charge is 2.33. The summed E-state index contributed by atoms with van der Waals surface area (Å²) in [6, 6.07) is 12.6. The van der Waals surface area contributed by atoms with Gasteiger partial charge < -0.3 is 36.2 Å². The Hall–Kier alpha value is -4.29. The third-order valence-electron chi connectivity index (χ3n) is 7.25. The average Bonchev–Trinajstić information content (AvgIpc) is 2.97. The normalized spacial score (nSPS) is 21.5. The van der Waals surface area contributed by atoms with E-state index in [0.717, 1.165) is 11.1 Å². The van der Waals surface area contributed by atoms with Crippen LogP contribution in [0.4, 0.5) is 0 Å². The topological polar surface area (TPSA) is 160 Å². The fourth-order valence-corrected chi connectivity index (χ4v) is 4.88. The molecular weight excluding hydrogens is 564 g/mol. The van der Waals surface area contributed by atoms with Crippen molar-refractivity contribution >= 4 is 29.5 Å². The minimum atomic E-state index is -1.32. The molecule has 4 atom stereocenters. The molecule has 1 aliphatic heterocycles. The van der Waals surface area contributed by atoms with E-state index < -0.39 is 53.8 Å². The first-order chi connectivity index (χ1) is 20.8. The summed E-state index contributed by atoms with van der Waals surface area (Å²) in [6.45, 7) is 5.13. The Morgan fingerprint density at radius 2 is 1.52 bits per heavy atom. The van der Waals surface area contributed by atoms with E-state index in [4.69, 9.17) is 0 Å². The van der Waals surface area contributed by atoms with Crippen molar-refractivity contribution in [3.63, 3.8) is 0 Å². The van der Waals surface area contributed by atoms with Crippen molar-refractivity contribution in [1.82, 2.24) is 31.1 Å². The fraction of sp³-hybridized carbons (Fsp3) is 0.469. The quantitative estimate of drug-likeness (QED) is 0.297. The van der Waals surface area contributed by atoms with Crippen LogP contribution < -0.4 is 21.3 Å². The van der Waals surface area contributed by atoms with Crippen molar-refractivity contribution in [2.45, 2.75) is 58.0 Å². The lowest BCUT2D eigenvalue weighted by molar-refractivity contribution is -0.135. The van der Waals surface area contributed by atoms with E-state index in [-0.39, 0.29) is 32.0 Å². The van der Waals surface area contributed by atoms with Gasteiger partial charge in [-0.1, -0.05) is 56.3 Å². The minimum Gasteiger partial charge on any atom is -0.391 e. The summed E-state index contributed by atoms with van der Waals surface area (Å²) in [7, 11) is 3.88. The summed E-state index contributed by atoms with van der Waals surface area (Å²) in [5, 5.41) is 21.1. The van der Waals surface area contributed by atoms with Crippen LogP contribution in [0.2, 0.25) is 0 Å². The van der Waals surface area contributed by atoms with Crippen molar-refractivity contribution in [3.8, 4) is 0 Å². The first-order valence-electron chi connectivity index (χ1n) is 14.8. The summed E-state index contributed by atoms with van der Waals surface area (Å²) >= 11 is 0. The van der Waals surface area contributed by atoms with Crippen LogP contribution in [0.25, 0.3) is 0 Å². The molecule has 2 aromatic rings. The molecule has 12 nitrogen and oxygen atoms in total. The van der Waals surface area contributed by atoms with Gasteiger partial charge in [-0.05, 0) is 50.2 Å². The van der Waals surface area contributed by atoms with E-state index in [2.05, 4.69) is 21.3 Å². The maximum atomic E-state index is 13.5. The maximum Gasteiger partial charge on any atom is 0.254 e. The molecule has 44 heavy (non-hydrogen) atoms. The Morgan fingerprint density at radius 3 is 2.11 bits per heavy atom. The second-order valence-corrected chi connectivity index (χ2v) is 11.7. The molecule has 0 saturated carbocycles. The third-order valence-corrected chi connectivity index (χ3v) is 7.25. The van der Waals surface area contributed by atoms with Gasteiger partial charge in [-0.25, -0.2) is 0 Å². The van der Waals surface area contributed by atoms with Crippen LogP contribution in [-0.2, 0) is 32.1 Å². The van der Waals surface area contributed by atoms with Crippen molar-refractivity contribution in [2.24, 2.45) is 5.92 Å². The van der Waals surface area contributed by atoms with Gasteiger partial charge in [0.25, 0.3) is 5.91 Å². The molecule has 1 heterocycles. The molecule has 0 spiro atoms. The number of benzene rings is 2. The predicted octanol–water partition coefficient (Wildman–Crippen LogP) is 0.0541. The molecule has 3 rings (SSSR count). The monoisotopic (exact) mass is 608 g/mol.